The van der Waals surface area contributed by atoms with Gasteiger partial charge in [0, 0.05) is 65.5 Å². The van der Waals surface area contributed by atoms with Gasteiger partial charge in [-0.3, -0.25) is 33.9 Å². The van der Waals surface area contributed by atoms with Crippen LogP contribution in [0.3, 0.4) is 0 Å². The number of ether oxygens (including phenoxy) is 2. The van der Waals surface area contributed by atoms with Gasteiger partial charge in [-0.2, -0.15) is 0 Å². The molecule has 5 rings (SSSR count). The zero-order valence-electron chi connectivity index (χ0n) is 34.4. The number of carbonyl (C=O) groups is 6. The van der Waals surface area contributed by atoms with Gasteiger partial charge in [0.25, 0.3) is 5.91 Å². The number of unbranched alkanes of at least 4 members (excludes halogenated alkanes) is 1. The molecule has 0 spiro atoms. The molecule has 3 aliphatic rings. The van der Waals surface area contributed by atoms with E-state index in [1.54, 1.807) is 61.0 Å². The molecule has 0 saturated carbocycles. The number of nitrogens with one attached hydrogen (secondary N) is 3. The van der Waals surface area contributed by atoms with Crippen LogP contribution < -0.4 is 20.7 Å². The fourth-order valence-electron chi connectivity index (χ4n) is 7.49. The van der Waals surface area contributed by atoms with E-state index in [9.17, 15) is 28.8 Å². The minimum atomic E-state index is -1.01. The highest BCUT2D eigenvalue weighted by molar-refractivity contribution is 6.00. The molecule has 4 heterocycles. The zero-order valence-corrected chi connectivity index (χ0v) is 34.4. The summed E-state index contributed by atoms with van der Waals surface area (Å²) in [6, 6.07) is 10.4. The lowest BCUT2D eigenvalue weighted by Gasteiger charge is -2.30. The van der Waals surface area contributed by atoms with E-state index < -0.39 is 35.6 Å². The Balaban J connectivity index is 1.30. The summed E-state index contributed by atoms with van der Waals surface area (Å²) in [6.45, 7) is 8.99. The van der Waals surface area contributed by atoms with Gasteiger partial charge < -0.3 is 40.1 Å². The van der Waals surface area contributed by atoms with Crippen molar-refractivity contribution >= 4 is 35.6 Å². The molecule has 316 valence electrons. The van der Waals surface area contributed by atoms with Gasteiger partial charge >= 0.3 is 6.09 Å². The van der Waals surface area contributed by atoms with Crippen LogP contribution in [0.15, 0.2) is 48.7 Å². The van der Waals surface area contributed by atoms with Crippen LogP contribution in [0.2, 0.25) is 0 Å². The molecule has 0 radical (unpaired) electrons. The summed E-state index contributed by atoms with van der Waals surface area (Å²) in [5.41, 5.74) is 0.559. The molecule has 58 heavy (non-hydrogen) atoms. The van der Waals surface area contributed by atoms with Gasteiger partial charge in [0.1, 0.15) is 30.0 Å². The van der Waals surface area contributed by atoms with Crippen molar-refractivity contribution in [3.8, 4) is 5.75 Å². The Morgan fingerprint density at radius 1 is 0.931 bits per heavy atom. The SMILES string of the molecule is CN1CC(=O)N[C@@H](CCCCNC(=O)OC(C)(C)C)C(=O)N2CCC[C@@H]2COc2ccccc2C(=O)N[C@H](C(=O)N2CCCN(Cc3ccccn3)CC2)CCC1=O. The molecule has 3 atom stereocenters. The quantitative estimate of drug-likeness (QED) is 0.336. The number of likely N-dealkylation sites (N-methyl/N-ethyl adjacent to an activating group) is 1. The first-order valence-electron chi connectivity index (χ1n) is 20.5. The van der Waals surface area contributed by atoms with Crippen molar-refractivity contribution in [2.75, 3.05) is 59.5 Å². The third kappa shape index (κ3) is 13.1. The van der Waals surface area contributed by atoms with Crippen LogP contribution in [-0.2, 0) is 30.5 Å². The van der Waals surface area contributed by atoms with Crippen LogP contribution in [0.4, 0.5) is 4.79 Å². The van der Waals surface area contributed by atoms with Gasteiger partial charge in [0.2, 0.25) is 23.6 Å². The first-order chi connectivity index (χ1) is 27.8. The van der Waals surface area contributed by atoms with E-state index in [0.717, 1.165) is 25.1 Å². The van der Waals surface area contributed by atoms with E-state index in [0.29, 0.717) is 70.7 Å². The summed E-state index contributed by atoms with van der Waals surface area (Å²) in [5, 5.41) is 8.52. The van der Waals surface area contributed by atoms with Gasteiger partial charge in [0.05, 0.1) is 23.8 Å². The molecule has 2 saturated heterocycles. The molecule has 16 heteroatoms. The van der Waals surface area contributed by atoms with E-state index >= 15 is 0 Å². The molecule has 0 aliphatic carbocycles. The van der Waals surface area contributed by atoms with Crippen LogP contribution in [0.25, 0.3) is 0 Å². The van der Waals surface area contributed by atoms with Gasteiger partial charge in [-0.15, -0.1) is 0 Å². The third-order valence-electron chi connectivity index (χ3n) is 10.5. The van der Waals surface area contributed by atoms with Crippen LogP contribution in [0.1, 0.15) is 88.2 Å². The summed E-state index contributed by atoms with van der Waals surface area (Å²) in [6.07, 6.45) is 4.66. The summed E-state index contributed by atoms with van der Waals surface area (Å²) in [7, 11) is 1.50. The van der Waals surface area contributed by atoms with Crippen molar-refractivity contribution in [3.63, 3.8) is 0 Å². The average molecular weight is 805 g/mol. The molecular formula is C42H60N8O8. The monoisotopic (exact) mass is 804 g/mol. The highest BCUT2D eigenvalue weighted by Gasteiger charge is 2.35. The summed E-state index contributed by atoms with van der Waals surface area (Å²) < 4.78 is 11.6. The average Bonchev–Trinajstić information content (AvgIpc) is 3.54. The predicted octanol–water partition coefficient (Wildman–Crippen LogP) is 2.72. The molecule has 3 aliphatic heterocycles. The predicted molar refractivity (Wildman–Crippen MR) is 216 cm³/mol. The molecule has 2 fully saturated rings. The number of nitrogens with zero attached hydrogens (tertiary/aromatic N) is 5. The van der Waals surface area contributed by atoms with Gasteiger partial charge in [-0.05, 0) is 90.0 Å². The zero-order chi connectivity index (χ0) is 41.7. The Labute approximate surface area is 341 Å². The van der Waals surface area contributed by atoms with E-state index in [4.69, 9.17) is 9.47 Å². The normalized spacial score (nSPS) is 22.0. The fraction of sp³-hybridized carbons (Fsp3) is 0.595. The van der Waals surface area contributed by atoms with Crippen molar-refractivity contribution in [1.29, 1.82) is 0 Å². The molecule has 1 aromatic heterocycles. The summed E-state index contributed by atoms with van der Waals surface area (Å²) in [4.78, 5) is 92.7. The van der Waals surface area contributed by atoms with E-state index in [2.05, 4.69) is 25.8 Å². The van der Waals surface area contributed by atoms with Crippen molar-refractivity contribution in [1.82, 2.24) is 40.5 Å². The van der Waals surface area contributed by atoms with Crippen LogP contribution in [0, 0.1) is 0 Å². The minimum absolute atomic E-state index is 0.0159. The number of alkyl carbamates (subject to hydrolysis) is 1. The molecule has 0 unspecified atom stereocenters. The number of fused-ring (bicyclic) bond motifs is 2. The van der Waals surface area contributed by atoms with Gasteiger partial charge in [-0.25, -0.2) is 4.79 Å². The number of para-hydroxylation sites is 1. The molecule has 16 nitrogen and oxygen atoms in total. The second-order valence-corrected chi connectivity index (χ2v) is 16.3. The number of benzene rings is 1. The smallest absolute Gasteiger partial charge is 0.407 e. The van der Waals surface area contributed by atoms with Crippen molar-refractivity contribution in [2.45, 2.75) is 102 Å². The second-order valence-electron chi connectivity index (χ2n) is 16.3. The topological polar surface area (TPSA) is 183 Å². The number of hydrogen-bond donors (Lipinski definition) is 3. The second kappa shape index (κ2) is 21.0. The maximum absolute atomic E-state index is 14.2. The van der Waals surface area contributed by atoms with Crippen LogP contribution in [0.5, 0.6) is 5.75 Å². The standard InChI is InChI=1S/C42H60N8O8/c1-42(2,3)58-41(56)44-21-10-8-16-33-40(55)50-24-11-14-31(50)29-57-35-17-6-5-15-32(35)38(53)46-34(18-19-37(52)47(4)28-36(51)45-33)39(54)49-23-12-22-48(25-26-49)27-30-13-7-9-20-43-30/h5-7,9,13,15,17,20,31,33-34H,8,10-12,14,16,18-19,21-29H2,1-4H3,(H,44,56)(H,45,51)(H,46,53)/t31-,33+,34+/m1/s1. The number of pyridine rings is 1. The summed E-state index contributed by atoms with van der Waals surface area (Å²) >= 11 is 0. The lowest BCUT2D eigenvalue weighted by molar-refractivity contribution is -0.139. The van der Waals surface area contributed by atoms with Crippen LogP contribution >= 0.6 is 0 Å². The first kappa shape index (κ1) is 43.9. The summed E-state index contributed by atoms with van der Waals surface area (Å²) in [5.74, 6) is -1.62. The van der Waals surface area contributed by atoms with Crippen molar-refractivity contribution < 1.29 is 38.2 Å². The molecule has 3 N–H and O–H groups in total. The van der Waals surface area contributed by atoms with Gasteiger partial charge in [-0.1, -0.05) is 18.2 Å². The van der Waals surface area contributed by atoms with Crippen LogP contribution in [-0.4, -0.2) is 143 Å². The maximum Gasteiger partial charge on any atom is 0.407 e. The number of rotatable bonds is 8. The Morgan fingerprint density at radius 2 is 1.72 bits per heavy atom. The highest BCUT2D eigenvalue weighted by Crippen LogP contribution is 2.24. The van der Waals surface area contributed by atoms with Crippen molar-refractivity contribution in [3.05, 3.63) is 59.9 Å². The fourth-order valence-corrected chi connectivity index (χ4v) is 7.49. The Morgan fingerprint density at radius 3 is 2.50 bits per heavy atom. The Hall–Kier alpha value is -5.25. The van der Waals surface area contributed by atoms with Gasteiger partial charge in [0.15, 0.2) is 0 Å². The molecule has 6 amide bonds. The first-order valence-corrected chi connectivity index (χ1v) is 20.5. The Bertz CT molecular complexity index is 1740. The lowest BCUT2D eigenvalue weighted by Crippen LogP contribution is -2.53. The largest absolute Gasteiger partial charge is 0.491 e. The third-order valence-corrected chi connectivity index (χ3v) is 10.5. The number of amides is 6. The molecule has 2 aromatic rings. The highest BCUT2D eigenvalue weighted by atomic mass is 16.6. The Kier molecular flexibility index (Phi) is 15.8. The maximum atomic E-state index is 14.2. The van der Waals surface area contributed by atoms with Crippen molar-refractivity contribution in [2.24, 2.45) is 0 Å². The number of aromatic nitrogens is 1. The van der Waals surface area contributed by atoms with E-state index in [1.807, 2.05) is 18.2 Å². The number of carbonyl (C=O) groups excluding carboxylic acids is 6. The minimum Gasteiger partial charge on any atom is -0.491 e. The lowest BCUT2D eigenvalue weighted by atomic mass is 10.1. The van der Waals surface area contributed by atoms with E-state index in [1.165, 1.54) is 11.9 Å². The number of hydrogen-bond acceptors (Lipinski definition) is 10. The molecule has 1 aromatic carbocycles. The molecule has 0 bridgehead atoms. The molecular weight excluding hydrogens is 745 g/mol. The van der Waals surface area contributed by atoms with E-state index in [-0.39, 0.29) is 55.3 Å².